The van der Waals surface area contributed by atoms with Gasteiger partial charge < -0.3 is 10.4 Å². The van der Waals surface area contributed by atoms with Crippen molar-refractivity contribution in [2.45, 2.75) is 91.2 Å². The predicted octanol–water partition coefficient (Wildman–Crippen LogP) is 4.92. The molecule has 5 heteroatoms. The van der Waals surface area contributed by atoms with Crippen molar-refractivity contribution in [2.24, 2.45) is 46.3 Å². The van der Waals surface area contributed by atoms with Gasteiger partial charge in [-0.3, -0.25) is 14.6 Å². The zero-order chi connectivity index (χ0) is 24.1. The van der Waals surface area contributed by atoms with Crippen LogP contribution in [0.25, 0.3) is 0 Å². The molecule has 0 aromatic carbocycles. The minimum Gasteiger partial charge on any atom is -0.393 e. The van der Waals surface area contributed by atoms with E-state index in [1.165, 1.54) is 6.42 Å². The van der Waals surface area contributed by atoms with Crippen LogP contribution in [0.15, 0.2) is 24.4 Å². The SMILES string of the molecule is C[C@H](CC(=O)NCc1ccccn1)C1CC[C@H]2C3C(=O)CC4C[C@H](O)CCC4(C)[C@H]3CCC12C. The van der Waals surface area contributed by atoms with Crippen molar-refractivity contribution in [1.29, 1.82) is 0 Å². The summed E-state index contributed by atoms with van der Waals surface area (Å²) in [4.78, 5) is 30.6. The number of ketones is 1. The van der Waals surface area contributed by atoms with Gasteiger partial charge in [-0.1, -0.05) is 26.8 Å². The molecule has 0 aliphatic heterocycles. The highest BCUT2D eigenvalue weighted by atomic mass is 16.3. The number of aliphatic hydroxyl groups is 1. The molecule has 4 saturated carbocycles. The summed E-state index contributed by atoms with van der Waals surface area (Å²) >= 11 is 0. The molecule has 4 aliphatic carbocycles. The van der Waals surface area contributed by atoms with Gasteiger partial charge in [0, 0.05) is 25.0 Å². The smallest absolute Gasteiger partial charge is 0.220 e. The highest BCUT2D eigenvalue weighted by Crippen LogP contribution is 2.67. The number of aliphatic hydroxyl groups excluding tert-OH is 1. The molecule has 0 bridgehead atoms. The predicted molar refractivity (Wildman–Crippen MR) is 131 cm³/mol. The van der Waals surface area contributed by atoms with Crippen molar-refractivity contribution in [1.82, 2.24) is 10.3 Å². The summed E-state index contributed by atoms with van der Waals surface area (Å²) in [6.45, 7) is 7.58. The second-order valence-corrected chi connectivity index (χ2v) is 12.5. The summed E-state index contributed by atoms with van der Waals surface area (Å²) in [5.74, 6) is 2.83. The van der Waals surface area contributed by atoms with E-state index in [1.54, 1.807) is 6.20 Å². The average molecular weight is 467 g/mol. The van der Waals surface area contributed by atoms with E-state index in [1.807, 2.05) is 18.2 Å². The fourth-order valence-electron chi connectivity index (χ4n) is 9.08. The summed E-state index contributed by atoms with van der Waals surface area (Å²) in [5, 5.41) is 13.3. The first-order valence-electron chi connectivity index (χ1n) is 13.6. The number of Topliss-reactive ketones (excluding diaryl/α,β-unsaturated/α-hetero) is 1. The van der Waals surface area contributed by atoms with Crippen LogP contribution in [0.5, 0.6) is 0 Å². The summed E-state index contributed by atoms with van der Waals surface area (Å²) in [6.07, 6.45) is 10.0. The summed E-state index contributed by atoms with van der Waals surface area (Å²) in [7, 11) is 0. The molecular weight excluding hydrogens is 424 g/mol. The third kappa shape index (κ3) is 4.02. The van der Waals surface area contributed by atoms with Crippen LogP contribution in [0.3, 0.4) is 0 Å². The number of carbonyl (C=O) groups excluding carboxylic acids is 2. The lowest BCUT2D eigenvalue weighted by atomic mass is 9.44. The van der Waals surface area contributed by atoms with Crippen molar-refractivity contribution in [3.8, 4) is 0 Å². The van der Waals surface area contributed by atoms with Crippen LogP contribution in [0.4, 0.5) is 0 Å². The number of pyridine rings is 1. The number of carbonyl (C=O) groups is 2. The van der Waals surface area contributed by atoms with Crippen molar-refractivity contribution in [3.63, 3.8) is 0 Å². The molecule has 1 amide bonds. The topological polar surface area (TPSA) is 79.3 Å². The van der Waals surface area contributed by atoms with Crippen LogP contribution >= 0.6 is 0 Å². The number of amides is 1. The van der Waals surface area contributed by atoms with Crippen molar-refractivity contribution in [3.05, 3.63) is 30.1 Å². The van der Waals surface area contributed by atoms with E-state index in [0.717, 1.165) is 44.2 Å². The molecule has 4 aliphatic rings. The van der Waals surface area contributed by atoms with Gasteiger partial charge in [-0.25, -0.2) is 0 Å². The van der Waals surface area contributed by atoms with E-state index < -0.39 is 0 Å². The van der Waals surface area contributed by atoms with Crippen LogP contribution < -0.4 is 5.32 Å². The van der Waals surface area contributed by atoms with E-state index in [-0.39, 0.29) is 28.8 Å². The molecule has 2 N–H and O–H groups in total. The zero-order valence-corrected chi connectivity index (χ0v) is 21.1. The van der Waals surface area contributed by atoms with Crippen molar-refractivity contribution in [2.75, 3.05) is 0 Å². The molecule has 186 valence electrons. The van der Waals surface area contributed by atoms with Crippen LogP contribution in [0, 0.1) is 46.3 Å². The molecule has 1 heterocycles. The standard InChI is InChI=1S/C29H42N2O3/c1-18(14-26(34)31-17-20-6-4-5-13-30-20)22-7-8-23-27-24(10-12-29(22,23)3)28(2)11-9-21(32)15-19(28)16-25(27)33/h4-6,13,18-19,21-24,27,32H,7-12,14-17H2,1-3H3,(H,31,34)/t18-,19?,21-,22?,23+,24+,27?,28?,29?/m1/s1. The summed E-state index contributed by atoms with van der Waals surface area (Å²) in [5.41, 5.74) is 1.23. The van der Waals surface area contributed by atoms with Crippen molar-refractivity contribution >= 4 is 11.7 Å². The van der Waals surface area contributed by atoms with Gasteiger partial charge in [0.1, 0.15) is 5.78 Å². The number of hydrogen-bond donors (Lipinski definition) is 2. The molecule has 5 unspecified atom stereocenters. The highest BCUT2D eigenvalue weighted by molar-refractivity contribution is 5.83. The largest absolute Gasteiger partial charge is 0.393 e. The lowest BCUT2D eigenvalue weighted by molar-refractivity contribution is -0.161. The number of hydrogen-bond acceptors (Lipinski definition) is 4. The number of nitrogens with one attached hydrogen (secondary N) is 1. The minimum atomic E-state index is -0.225. The van der Waals surface area contributed by atoms with E-state index in [0.29, 0.717) is 54.8 Å². The third-order valence-electron chi connectivity index (χ3n) is 10.9. The fraction of sp³-hybridized carbons (Fsp3) is 0.759. The first-order valence-corrected chi connectivity index (χ1v) is 13.6. The maximum absolute atomic E-state index is 13.5. The van der Waals surface area contributed by atoms with E-state index in [4.69, 9.17) is 0 Å². The molecule has 1 aromatic heterocycles. The fourth-order valence-corrected chi connectivity index (χ4v) is 9.08. The molecule has 0 radical (unpaired) electrons. The average Bonchev–Trinajstić information content (AvgIpc) is 3.17. The van der Waals surface area contributed by atoms with E-state index in [9.17, 15) is 14.7 Å². The Morgan fingerprint density at radius 1 is 1.15 bits per heavy atom. The van der Waals surface area contributed by atoms with E-state index >= 15 is 0 Å². The second kappa shape index (κ2) is 9.04. The number of nitrogens with zero attached hydrogens (tertiary/aromatic N) is 1. The molecule has 4 fully saturated rings. The van der Waals surface area contributed by atoms with Gasteiger partial charge in [-0.15, -0.1) is 0 Å². The number of aromatic nitrogens is 1. The van der Waals surface area contributed by atoms with Gasteiger partial charge in [0.25, 0.3) is 0 Å². The van der Waals surface area contributed by atoms with Crippen LogP contribution in [-0.4, -0.2) is 27.9 Å². The first-order chi connectivity index (χ1) is 16.2. The molecule has 5 rings (SSSR count). The van der Waals surface area contributed by atoms with Gasteiger partial charge in [0.2, 0.25) is 5.91 Å². The molecule has 5 nitrogen and oxygen atoms in total. The Morgan fingerprint density at radius 2 is 1.91 bits per heavy atom. The Labute approximate surface area is 204 Å². The highest BCUT2D eigenvalue weighted by Gasteiger charge is 2.63. The van der Waals surface area contributed by atoms with Crippen LogP contribution in [-0.2, 0) is 16.1 Å². The Kier molecular flexibility index (Phi) is 6.37. The maximum Gasteiger partial charge on any atom is 0.220 e. The van der Waals surface area contributed by atoms with Gasteiger partial charge in [-0.2, -0.15) is 0 Å². The Morgan fingerprint density at radius 3 is 2.68 bits per heavy atom. The quantitative estimate of drug-likeness (QED) is 0.645. The number of rotatable bonds is 5. The van der Waals surface area contributed by atoms with Gasteiger partial charge in [0.15, 0.2) is 0 Å². The van der Waals surface area contributed by atoms with Crippen LogP contribution in [0.1, 0.15) is 84.3 Å². The first kappa shape index (κ1) is 24.0. The monoisotopic (exact) mass is 466 g/mol. The van der Waals surface area contributed by atoms with Crippen LogP contribution in [0.2, 0.25) is 0 Å². The maximum atomic E-state index is 13.5. The molecular formula is C29H42N2O3. The van der Waals surface area contributed by atoms with Gasteiger partial charge in [0.05, 0.1) is 18.3 Å². The third-order valence-corrected chi connectivity index (χ3v) is 10.9. The van der Waals surface area contributed by atoms with Gasteiger partial charge in [-0.05, 0) is 97.5 Å². The second-order valence-electron chi connectivity index (χ2n) is 12.5. The number of fused-ring (bicyclic) bond motifs is 5. The normalized spacial score (nSPS) is 42.3. The van der Waals surface area contributed by atoms with Crippen molar-refractivity contribution < 1.29 is 14.7 Å². The summed E-state index contributed by atoms with van der Waals surface area (Å²) < 4.78 is 0. The Hall–Kier alpha value is -1.75. The Balaban J connectivity index is 1.26. The van der Waals surface area contributed by atoms with Gasteiger partial charge >= 0.3 is 0 Å². The zero-order valence-electron chi connectivity index (χ0n) is 21.1. The lowest BCUT2D eigenvalue weighted by Crippen LogP contribution is -2.57. The molecule has 9 atom stereocenters. The molecule has 0 saturated heterocycles. The molecule has 34 heavy (non-hydrogen) atoms. The van der Waals surface area contributed by atoms with E-state index in [2.05, 4.69) is 31.1 Å². The Bertz CT molecular complexity index is 919. The molecule has 0 spiro atoms. The lowest BCUT2D eigenvalue weighted by Gasteiger charge is -2.60. The summed E-state index contributed by atoms with van der Waals surface area (Å²) in [6, 6.07) is 5.76. The minimum absolute atomic E-state index is 0.101. The molecule has 1 aromatic rings.